The van der Waals surface area contributed by atoms with E-state index in [-0.39, 0.29) is 35.1 Å². The lowest BCUT2D eigenvalue weighted by atomic mass is 9.88. The molecule has 0 saturated heterocycles. The number of hydrogen-bond acceptors (Lipinski definition) is 8. The molecule has 1 heterocycles. The van der Waals surface area contributed by atoms with Gasteiger partial charge in [0, 0.05) is 17.5 Å². The predicted octanol–water partition coefficient (Wildman–Crippen LogP) is 4.10. The first kappa shape index (κ1) is 24.8. The van der Waals surface area contributed by atoms with E-state index in [4.69, 9.17) is 19.6 Å². The summed E-state index contributed by atoms with van der Waals surface area (Å²) >= 11 is 0. The molecule has 2 aromatic carbocycles. The van der Waals surface area contributed by atoms with Crippen molar-refractivity contribution < 1.29 is 24.3 Å². The van der Waals surface area contributed by atoms with Gasteiger partial charge in [-0.1, -0.05) is 31.4 Å². The summed E-state index contributed by atoms with van der Waals surface area (Å²) in [6.45, 7) is 1.09. The summed E-state index contributed by atoms with van der Waals surface area (Å²) in [5.74, 6) is -0.917. The van der Waals surface area contributed by atoms with Gasteiger partial charge in [-0.2, -0.15) is 9.78 Å². The van der Waals surface area contributed by atoms with Crippen LogP contribution >= 0.6 is 0 Å². The minimum atomic E-state index is -1.28. The van der Waals surface area contributed by atoms with Crippen LogP contribution in [0.4, 0.5) is 5.69 Å². The zero-order chi connectivity index (χ0) is 25.7. The average molecular weight is 495 g/mol. The second kappa shape index (κ2) is 11.0. The van der Waals surface area contributed by atoms with Crippen molar-refractivity contribution >= 4 is 28.8 Å². The normalized spacial score (nSPS) is 14.2. The maximum absolute atomic E-state index is 13.4. The molecule has 188 valence electrons. The number of carboxylic acid groups (broad SMARTS) is 1. The molecule has 1 N–H and O–H groups in total. The van der Waals surface area contributed by atoms with Crippen LogP contribution in [0.5, 0.6) is 11.5 Å². The molecule has 0 radical (unpaired) electrons. The van der Waals surface area contributed by atoms with Crippen LogP contribution in [-0.2, 0) is 4.79 Å². The maximum Gasteiger partial charge on any atom is 0.341 e. The van der Waals surface area contributed by atoms with Crippen molar-refractivity contribution in [1.29, 1.82) is 0 Å². The van der Waals surface area contributed by atoms with Crippen LogP contribution in [0.2, 0.25) is 0 Å². The highest BCUT2D eigenvalue weighted by Gasteiger charge is 2.24. The number of nitro groups is 1. The lowest BCUT2D eigenvalue weighted by molar-refractivity contribution is -0.385. The van der Waals surface area contributed by atoms with Gasteiger partial charge in [0.15, 0.2) is 12.4 Å². The van der Waals surface area contributed by atoms with Crippen molar-refractivity contribution in [3.8, 4) is 11.5 Å². The Morgan fingerprint density at radius 1 is 1.25 bits per heavy atom. The number of ether oxygens (including phenoxy) is 2. The fourth-order valence-electron chi connectivity index (χ4n) is 4.36. The summed E-state index contributed by atoms with van der Waals surface area (Å²) in [7, 11) is 0. The van der Waals surface area contributed by atoms with Crippen LogP contribution in [0.1, 0.15) is 56.3 Å². The monoisotopic (exact) mass is 494 g/mol. The molecule has 0 amide bonds. The van der Waals surface area contributed by atoms with Gasteiger partial charge in [-0.3, -0.25) is 14.9 Å². The number of nitrogens with zero attached hydrogens (tertiary/aromatic N) is 4. The quantitative estimate of drug-likeness (QED) is 0.266. The molecule has 11 heteroatoms. The zero-order valence-corrected chi connectivity index (χ0v) is 19.8. The van der Waals surface area contributed by atoms with Gasteiger partial charge < -0.3 is 14.6 Å². The summed E-state index contributed by atoms with van der Waals surface area (Å²) in [4.78, 5) is 40.1. The number of benzene rings is 2. The van der Waals surface area contributed by atoms with Crippen LogP contribution < -0.4 is 15.0 Å². The lowest BCUT2D eigenvalue weighted by Gasteiger charge is -2.22. The van der Waals surface area contributed by atoms with E-state index in [1.165, 1.54) is 23.0 Å². The Balaban J connectivity index is 1.81. The third-order valence-corrected chi connectivity index (χ3v) is 5.97. The molecule has 1 aliphatic carbocycles. The number of hydrogen-bond donors (Lipinski definition) is 1. The average Bonchev–Trinajstić information content (AvgIpc) is 2.87. The number of carboxylic acids is 1. The minimum absolute atomic E-state index is 0.00545. The molecule has 0 unspecified atom stereocenters. The highest BCUT2D eigenvalue weighted by Crippen LogP contribution is 2.38. The third kappa shape index (κ3) is 5.35. The summed E-state index contributed by atoms with van der Waals surface area (Å²) in [6, 6.07) is 9.72. The van der Waals surface area contributed by atoms with E-state index in [0.717, 1.165) is 32.1 Å². The van der Waals surface area contributed by atoms with E-state index in [1.807, 2.05) is 6.07 Å². The van der Waals surface area contributed by atoms with Crippen molar-refractivity contribution in [2.75, 3.05) is 13.2 Å². The molecule has 1 aromatic heterocycles. The smallest absolute Gasteiger partial charge is 0.341 e. The van der Waals surface area contributed by atoms with Crippen LogP contribution in [0.15, 0.2) is 46.3 Å². The first-order valence-corrected chi connectivity index (χ1v) is 11.7. The van der Waals surface area contributed by atoms with Gasteiger partial charge in [-0.15, -0.1) is 0 Å². The Hall–Kier alpha value is -4.28. The Kier molecular flexibility index (Phi) is 7.57. The first-order valence-electron chi connectivity index (χ1n) is 11.7. The standard InChI is InChI=1S/C25H26N4O7/c1-2-35-21-13-16(12-20(29(33)34)23(21)36-15-22(30)31)14-26-28-24(17-8-4-3-5-9-17)27-19-11-7-6-10-18(19)25(28)32/h6-7,10-14,17H,2-5,8-9,15H2,1H3,(H,30,31). The van der Waals surface area contributed by atoms with Crippen molar-refractivity contribution in [2.45, 2.75) is 44.9 Å². The van der Waals surface area contributed by atoms with Gasteiger partial charge in [0.1, 0.15) is 5.82 Å². The summed E-state index contributed by atoms with van der Waals surface area (Å²) in [5, 5.41) is 25.5. The van der Waals surface area contributed by atoms with E-state index < -0.39 is 23.2 Å². The van der Waals surface area contributed by atoms with Crippen molar-refractivity contribution in [1.82, 2.24) is 9.66 Å². The Labute approximate surface area is 206 Å². The number of carbonyl (C=O) groups is 1. The fraction of sp³-hybridized carbons (Fsp3) is 0.360. The highest BCUT2D eigenvalue weighted by atomic mass is 16.6. The largest absolute Gasteiger partial charge is 0.490 e. The maximum atomic E-state index is 13.4. The van der Waals surface area contributed by atoms with E-state index in [9.17, 15) is 19.7 Å². The van der Waals surface area contributed by atoms with Crippen LogP contribution in [0, 0.1) is 10.1 Å². The van der Waals surface area contributed by atoms with Crippen LogP contribution in [0.3, 0.4) is 0 Å². The molecule has 1 aliphatic rings. The number of fused-ring (bicyclic) bond motifs is 1. The number of aromatic nitrogens is 2. The SMILES string of the molecule is CCOc1cc(C=Nn2c(C3CCCCC3)nc3ccccc3c2=O)cc([N+](=O)[O-])c1OCC(=O)O. The number of rotatable bonds is 9. The third-order valence-electron chi connectivity index (χ3n) is 5.97. The van der Waals surface area contributed by atoms with Crippen molar-refractivity contribution in [3.63, 3.8) is 0 Å². The number of para-hydroxylation sites is 1. The van der Waals surface area contributed by atoms with Crippen molar-refractivity contribution in [3.05, 3.63) is 68.3 Å². The minimum Gasteiger partial charge on any atom is -0.490 e. The molecule has 1 fully saturated rings. The Morgan fingerprint density at radius 3 is 2.69 bits per heavy atom. The second-order valence-corrected chi connectivity index (χ2v) is 8.42. The number of aliphatic carboxylic acids is 1. The lowest BCUT2D eigenvalue weighted by Crippen LogP contribution is -2.25. The molecule has 0 spiro atoms. The predicted molar refractivity (Wildman–Crippen MR) is 132 cm³/mol. The van der Waals surface area contributed by atoms with Crippen LogP contribution in [-0.4, -0.2) is 45.1 Å². The van der Waals surface area contributed by atoms with Gasteiger partial charge in [-0.05, 0) is 38.0 Å². The molecular weight excluding hydrogens is 468 g/mol. The van der Waals surface area contributed by atoms with Gasteiger partial charge in [-0.25, -0.2) is 9.78 Å². The van der Waals surface area contributed by atoms with E-state index in [0.29, 0.717) is 16.7 Å². The Bertz CT molecular complexity index is 1380. The van der Waals surface area contributed by atoms with Gasteiger partial charge in [0.25, 0.3) is 5.56 Å². The summed E-state index contributed by atoms with van der Waals surface area (Å²) < 4.78 is 11.9. The molecule has 0 bridgehead atoms. The molecule has 1 saturated carbocycles. The highest BCUT2D eigenvalue weighted by molar-refractivity contribution is 5.84. The van der Waals surface area contributed by atoms with Crippen molar-refractivity contribution in [2.24, 2.45) is 5.10 Å². The molecule has 36 heavy (non-hydrogen) atoms. The van der Waals surface area contributed by atoms with E-state index in [1.54, 1.807) is 25.1 Å². The summed E-state index contributed by atoms with van der Waals surface area (Å²) in [6.07, 6.45) is 6.35. The van der Waals surface area contributed by atoms with Gasteiger partial charge in [0.2, 0.25) is 5.75 Å². The van der Waals surface area contributed by atoms with E-state index >= 15 is 0 Å². The van der Waals surface area contributed by atoms with Crippen LogP contribution in [0.25, 0.3) is 10.9 Å². The van der Waals surface area contributed by atoms with E-state index in [2.05, 4.69) is 5.10 Å². The molecule has 11 nitrogen and oxygen atoms in total. The molecule has 4 rings (SSSR count). The first-order chi connectivity index (χ1) is 17.4. The molecule has 0 aliphatic heterocycles. The second-order valence-electron chi connectivity index (χ2n) is 8.42. The Morgan fingerprint density at radius 2 is 2.00 bits per heavy atom. The van der Waals surface area contributed by atoms with Gasteiger partial charge in [0.05, 0.1) is 28.6 Å². The van der Waals surface area contributed by atoms with Gasteiger partial charge >= 0.3 is 11.7 Å². The molecule has 3 aromatic rings. The topological polar surface area (TPSA) is 146 Å². The summed E-state index contributed by atoms with van der Waals surface area (Å²) in [5.41, 5.74) is 0.0877. The molecule has 0 atom stereocenters. The zero-order valence-electron chi connectivity index (χ0n) is 19.8. The fourth-order valence-corrected chi connectivity index (χ4v) is 4.36. The number of nitro benzene ring substituents is 1. The molecular formula is C25H26N4O7.